The van der Waals surface area contributed by atoms with Crippen LogP contribution in [-0.2, 0) is 9.59 Å². The van der Waals surface area contributed by atoms with E-state index >= 15 is 0 Å². The van der Waals surface area contributed by atoms with Crippen LogP contribution in [0, 0.1) is 0 Å². The van der Waals surface area contributed by atoms with Crippen molar-refractivity contribution in [3.05, 3.63) is 54.1 Å². The monoisotopic (exact) mass is 365 g/mol. The molecule has 7 heteroatoms. The molecule has 2 aliphatic rings. The molecule has 2 N–H and O–H groups in total. The van der Waals surface area contributed by atoms with Crippen molar-refractivity contribution in [3.63, 3.8) is 0 Å². The number of amides is 3. The first kappa shape index (κ1) is 17.1. The van der Waals surface area contributed by atoms with Gasteiger partial charge in [-0.25, -0.2) is 0 Å². The Balaban J connectivity index is 1.55. The summed E-state index contributed by atoms with van der Waals surface area (Å²) < 4.78 is 5.68. The molecule has 138 valence electrons. The van der Waals surface area contributed by atoms with Crippen LogP contribution in [-0.4, -0.2) is 36.9 Å². The minimum atomic E-state index is -0.936. The number of hydrogen-bond acceptors (Lipinski definition) is 4. The lowest BCUT2D eigenvalue weighted by atomic mass is 10.1. The topological polar surface area (TPSA) is 87.7 Å². The molecule has 4 rings (SSSR count). The molecule has 0 saturated heterocycles. The molecule has 0 radical (unpaired) electrons. The van der Waals surface area contributed by atoms with Gasteiger partial charge in [0.1, 0.15) is 11.8 Å². The third-order valence-electron chi connectivity index (χ3n) is 4.67. The molecule has 0 bridgehead atoms. The Morgan fingerprint density at radius 1 is 1.11 bits per heavy atom. The molecule has 2 heterocycles. The van der Waals surface area contributed by atoms with Gasteiger partial charge in [-0.15, -0.1) is 0 Å². The fourth-order valence-electron chi connectivity index (χ4n) is 3.33. The lowest BCUT2D eigenvalue weighted by Gasteiger charge is -2.24. The summed E-state index contributed by atoms with van der Waals surface area (Å²) in [6.07, 6.45) is 0.564. The molecule has 0 aromatic heterocycles. The van der Waals surface area contributed by atoms with Crippen molar-refractivity contribution >= 4 is 29.1 Å². The average molecular weight is 365 g/mol. The molecule has 0 unspecified atom stereocenters. The number of carbonyl (C=O) groups excluding carboxylic acids is 3. The van der Waals surface area contributed by atoms with E-state index in [2.05, 4.69) is 10.6 Å². The van der Waals surface area contributed by atoms with Crippen LogP contribution >= 0.6 is 0 Å². The second-order valence-electron chi connectivity index (χ2n) is 6.48. The highest BCUT2D eigenvalue weighted by molar-refractivity contribution is 6.11. The number of anilines is 2. The van der Waals surface area contributed by atoms with Crippen LogP contribution in [0.2, 0.25) is 0 Å². The Labute approximate surface area is 156 Å². The largest absolute Gasteiger partial charge is 0.491 e. The Kier molecular flexibility index (Phi) is 4.50. The number of nitrogens with zero attached hydrogens (tertiary/aromatic N) is 1. The van der Waals surface area contributed by atoms with Crippen molar-refractivity contribution in [1.82, 2.24) is 5.32 Å². The van der Waals surface area contributed by atoms with Gasteiger partial charge in [-0.1, -0.05) is 24.3 Å². The number of fused-ring (bicyclic) bond motifs is 2. The van der Waals surface area contributed by atoms with Gasteiger partial charge in [0.25, 0.3) is 5.91 Å². The number of ether oxygens (including phenoxy) is 1. The third kappa shape index (κ3) is 3.36. The smallest absolute Gasteiger partial charge is 0.254 e. The fourth-order valence-corrected chi connectivity index (χ4v) is 3.33. The first-order valence-corrected chi connectivity index (χ1v) is 8.86. The summed E-state index contributed by atoms with van der Waals surface area (Å²) in [4.78, 5) is 39.5. The molecule has 0 spiro atoms. The molecule has 2 aliphatic heterocycles. The molecule has 0 fully saturated rings. The van der Waals surface area contributed by atoms with Gasteiger partial charge >= 0.3 is 0 Å². The molecule has 2 aromatic rings. The maximum Gasteiger partial charge on any atom is 0.254 e. The second-order valence-corrected chi connectivity index (χ2v) is 6.48. The number of nitrogens with one attached hydrogen (secondary N) is 2. The SMILES string of the molecule is O=C1N[C@@H](CC(=O)N2CCCOc3ccccc32)C(=O)Nc2ccccc21. The Hall–Kier alpha value is -3.35. The van der Waals surface area contributed by atoms with Crippen molar-refractivity contribution in [1.29, 1.82) is 0 Å². The maximum absolute atomic E-state index is 13.0. The van der Waals surface area contributed by atoms with Crippen LogP contribution < -0.4 is 20.3 Å². The summed E-state index contributed by atoms with van der Waals surface area (Å²) in [5, 5.41) is 5.39. The van der Waals surface area contributed by atoms with Crippen LogP contribution in [0.1, 0.15) is 23.2 Å². The summed E-state index contributed by atoms with van der Waals surface area (Å²) in [7, 11) is 0. The minimum Gasteiger partial charge on any atom is -0.491 e. The van der Waals surface area contributed by atoms with Crippen LogP contribution in [0.4, 0.5) is 11.4 Å². The van der Waals surface area contributed by atoms with Crippen molar-refractivity contribution < 1.29 is 19.1 Å². The lowest BCUT2D eigenvalue weighted by Crippen LogP contribution is -2.45. The Morgan fingerprint density at radius 2 is 1.89 bits per heavy atom. The van der Waals surface area contributed by atoms with Gasteiger partial charge in [0, 0.05) is 6.54 Å². The quantitative estimate of drug-likeness (QED) is 0.851. The number of carbonyl (C=O) groups is 3. The van der Waals surface area contributed by atoms with Gasteiger partial charge in [0.15, 0.2) is 0 Å². The Bertz CT molecular complexity index is 912. The van der Waals surface area contributed by atoms with E-state index in [1.165, 1.54) is 0 Å². The second kappa shape index (κ2) is 7.11. The lowest BCUT2D eigenvalue weighted by molar-refractivity contribution is -0.124. The van der Waals surface area contributed by atoms with Gasteiger partial charge in [0.2, 0.25) is 11.8 Å². The zero-order valence-corrected chi connectivity index (χ0v) is 14.6. The van der Waals surface area contributed by atoms with E-state index in [1.54, 1.807) is 29.2 Å². The van der Waals surface area contributed by atoms with Gasteiger partial charge in [-0.3, -0.25) is 14.4 Å². The summed E-state index contributed by atoms with van der Waals surface area (Å²) in [6.45, 7) is 1.02. The zero-order valence-electron chi connectivity index (χ0n) is 14.6. The average Bonchev–Trinajstić information content (AvgIpc) is 2.96. The van der Waals surface area contributed by atoms with Gasteiger partial charge in [-0.2, -0.15) is 0 Å². The van der Waals surface area contributed by atoms with Gasteiger partial charge in [0.05, 0.1) is 30.0 Å². The third-order valence-corrected chi connectivity index (χ3v) is 4.67. The van der Waals surface area contributed by atoms with E-state index in [0.29, 0.717) is 42.3 Å². The van der Waals surface area contributed by atoms with E-state index in [4.69, 9.17) is 4.74 Å². The van der Waals surface area contributed by atoms with Gasteiger partial charge in [-0.05, 0) is 30.7 Å². The van der Waals surface area contributed by atoms with Crippen molar-refractivity contribution in [2.75, 3.05) is 23.4 Å². The predicted molar refractivity (Wildman–Crippen MR) is 99.8 cm³/mol. The van der Waals surface area contributed by atoms with E-state index in [1.807, 2.05) is 24.3 Å². The summed E-state index contributed by atoms with van der Waals surface area (Å²) in [5.74, 6) is -0.369. The standard InChI is InChI=1S/C20H19N3O4/c24-18(23-10-5-11-27-17-9-4-3-8-16(17)23)12-15-20(26)21-14-7-2-1-6-13(14)19(25)22-15/h1-4,6-9,15H,5,10-12H2,(H,21,26)(H,22,25)/t15-/m0/s1. The van der Waals surface area contributed by atoms with E-state index < -0.39 is 11.9 Å². The highest BCUT2D eigenvalue weighted by Crippen LogP contribution is 2.31. The van der Waals surface area contributed by atoms with Crippen LogP contribution in [0.3, 0.4) is 0 Å². The normalized spacial score (nSPS) is 18.8. The van der Waals surface area contributed by atoms with Crippen molar-refractivity contribution in [2.45, 2.75) is 18.9 Å². The summed E-state index contributed by atoms with van der Waals surface area (Å²) >= 11 is 0. The molecule has 1 atom stereocenters. The minimum absolute atomic E-state index is 0.125. The van der Waals surface area contributed by atoms with Crippen molar-refractivity contribution in [2.24, 2.45) is 0 Å². The highest BCUT2D eigenvalue weighted by Gasteiger charge is 2.32. The summed E-state index contributed by atoms with van der Waals surface area (Å²) in [5.41, 5.74) is 1.52. The molecule has 2 aromatic carbocycles. The molecular formula is C20H19N3O4. The molecular weight excluding hydrogens is 346 g/mol. The van der Waals surface area contributed by atoms with E-state index in [9.17, 15) is 14.4 Å². The van der Waals surface area contributed by atoms with Crippen LogP contribution in [0.15, 0.2) is 48.5 Å². The van der Waals surface area contributed by atoms with E-state index in [0.717, 1.165) is 0 Å². The number of rotatable bonds is 2. The fraction of sp³-hybridized carbons (Fsp3) is 0.250. The molecule has 3 amide bonds. The van der Waals surface area contributed by atoms with Gasteiger partial charge < -0.3 is 20.3 Å². The predicted octanol–water partition coefficient (Wildman–Crippen LogP) is 1.94. The van der Waals surface area contributed by atoms with Crippen LogP contribution in [0.5, 0.6) is 5.75 Å². The molecule has 0 saturated carbocycles. The highest BCUT2D eigenvalue weighted by atomic mass is 16.5. The molecule has 27 heavy (non-hydrogen) atoms. The first-order valence-electron chi connectivity index (χ1n) is 8.86. The van der Waals surface area contributed by atoms with Crippen molar-refractivity contribution in [3.8, 4) is 5.75 Å². The van der Waals surface area contributed by atoms with E-state index in [-0.39, 0.29) is 18.2 Å². The Morgan fingerprint density at radius 3 is 2.78 bits per heavy atom. The number of benzene rings is 2. The number of para-hydroxylation sites is 3. The molecule has 7 nitrogen and oxygen atoms in total. The first-order chi connectivity index (χ1) is 13.1. The molecule has 0 aliphatic carbocycles. The maximum atomic E-state index is 13.0. The zero-order chi connectivity index (χ0) is 18.8. The summed E-state index contributed by atoms with van der Waals surface area (Å²) in [6, 6.07) is 13.2. The number of hydrogen-bond donors (Lipinski definition) is 2. The van der Waals surface area contributed by atoms with Crippen LogP contribution in [0.25, 0.3) is 0 Å².